The lowest BCUT2D eigenvalue weighted by Crippen LogP contribution is -2.06. The van der Waals surface area contributed by atoms with Crippen LogP contribution >= 0.6 is 11.3 Å². The van der Waals surface area contributed by atoms with E-state index in [2.05, 4.69) is 6.07 Å². The van der Waals surface area contributed by atoms with Crippen molar-refractivity contribution in [1.29, 1.82) is 5.26 Å². The van der Waals surface area contributed by atoms with Gasteiger partial charge in [0, 0.05) is 20.5 Å². The van der Waals surface area contributed by atoms with Crippen LogP contribution in [0.5, 0.6) is 5.75 Å². The predicted octanol–water partition coefficient (Wildman–Crippen LogP) is 4.12. The number of fused-ring (bicyclic) bond motifs is 1. The summed E-state index contributed by atoms with van der Waals surface area (Å²) >= 11 is 1.57. The lowest BCUT2D eigenvalue weighted by atomic mass is 10.0. The van der Waals surface area contributed by atoms with Crippen LogP contribution in [0.25, 0.3) is 21.2 Å². The van der Waals surface area contributed by atoms with Gasteiger partial charge in [-0.15, -0.1) is 11.3 Å². The maximum absolute atomic E-state index is 12.8. The van der Waals surface area contributed by atoms with Gasteiger partial charge in [-0.25, -0.2) is 0 Å². The van der Waals surface area contributed by atoms with E-state index < -0.39 is 0 Å². The zero-order valence-corrected chi connectivity index (χ0v) is 13.0. The highest BCUT2D eigenvalue weighted by Crippen LogP contribution is 2.30. The molecule has 0 saturated carbocycles. The normalized spacial score (nSPS) is 10.4. The fourth-order valence-electron chi connectivity index (χ4n) is 2.46. The molecular weight excluding hydrogens is 294 g/mol. The minimum Gasteiger partial charge on any atom is -0.497 e. The van der Waals surface area contributed by atoms with Gasteiger partial charge < -0.3 is 4.74 Å². The molecule has 22 heavy (non-hydrogen) atoms. The Labute approximate surface area is 132 Å². The third kappa shape index (κ3) is 2.36. The monoisotopic (exact) mass is 307 g/mol. The maximum Gasteiger partial charge on any atom is 0.196 e. The van der Waals surface area contributed by atoms with Crippen LogP contribution in [0.1, 0.15) is 10.4 Å². The third-order valence-corrected chi connectivity index (χ3v) is 4.65. The summed E-state index contributed by atoms with van der Waals surface area (Å²) < 4.78 is 6.13. The standard InChI is InChI=1S/C18H13NO2S/c1-11-17(13-5-3-12(10-19)4-6-13)18(20)15-8-7-14(21-2)9-16(15)22-11/h3-9H,1-2H3. The van der Waals surface area contributed by atoms with E-state index in [0.29, 0.717) is 16.5 Å². The highest BCUT2D eigenvalue weighted by atomic mass is 32.1. The van der Waals surface area contributed by atoms with Gasteiger partial charge in [-0.3, -0.25) is 4.79 Å². The molecule has 4 heteroatoms. The first-order valence-electron chi connectivity index (χ1n) is 6.76. The van der Waals surface area contributed by atoms with Crippen LogP contribution in [0.3, 0.4) is 0 Å². The minimum atomic E-state index is 0.0126. The van der Waals surface area contributed by atoms with Crippen molar-refractivity contribution in [2.24, 2.45) is 0 Å². The molecule has 0 aliphatic rings. The molecule has 0 N–H and O–H groups in total. The molecule has 2 aromatic carbocycles. The number of hydrogen-bond acceptors (Lipinski definition) is 4. The molecule has 3 rings (SSSR count). The molecule has 108 valence electrons. The van der Waals surface area contributed by atoms with Gasteiger partial charge in [0.2, 0.25) is 0 Å². The van der Waals surface area contributed by atoms with Gasteiger partial charge >= 0.3 is 0 Å². The van der Waals surface area contributed by atoms with Crippen molar-refractivity contribution in [3.63, 3.8) is 0 Å². The molecule has 1 aromatic heterocycles. The minimum absolute atomic E-state index is 0.0126. The molecule has 1 heterocycles. The molecule has 0 bridgehead atoms. The molecule has 0 fully saturated rings. The van der Waals surface area contributed by atoms with E-state index in [-0.39, 0.29) is 5.43 Å². The van der Waals surface area contributed by atoms with Crippen LogP contribution in [0, 0.1) is 18.3 Å². The van der Waals surface area contributed by atoms with E-state index >= 15 is 0 Å². The topological polar surface area (TPSA) is 50.1 Å². The van der Waals surface area contributed by atoms with Gasteiger partial charge in [-0.05, 0) is 42.8 Å². The molecule has 0 atom stereocenters. The molecule has 0 radical (unpaired) electrons. The van der Waals surface area contributed by atoms with Crippen LogP contribution in [0.15, 0.2) is 47.3 Å². The van der Waals surface area contributed by atoms with E-state index in [1.54, 1.807) is 42.7 Å². The van der Waals surface area contributed by atoms with Gasteiger partial charge in [0.1, 0.15) is 5.75 Å². The van der Waals surface area contributed by atoms with E-state index in [1.807, 2.05) is 25.1 Å². The van der Waals surface area contributed by atoms with Crippen molar-refractivity contribution in [2.45, 2.75) is 6.92 Å². The Morgan fingerprint density at radius 1 is 1.14 bits per heavy atom. The summed E-state index contributed by atoms with van der Waals surface area (Å²) in [6, 6.07) is 14.7. The lowest BCUT2D eigenvalue weighted by Gasteiger charge is -2.08. The van der Waals surface area contributed by atoms with Crippen molar-refractivity contribution in [3.05, 3.63) is 63.1 Å². The second kappa shape index (κ2) is 5.63. The summed E-state index contributed by atoms with van der Waals surface area (Å²) in [6.45, 7) is 1.94. The summed E-state index contributed by atoms with van der Waals surface area (Å²) in [5, 5.41) is 9.57. The molecule has 0 aliphatic carbocycles. The number of rotatable bonds is 2. The van der Waals surface area contributed by atoms with Crippen molar-refractivity contribution >= 4 is 21.4 Å². The molecule has 0 aliphatic heterocycles. The Morgan fingerprint density at radius 2 is 1.86 bits per heavy atom. The molecule has 0 unspecified atom stereocenters. The largest absolute Gasteiger partial charge is 0.497 e. The summed E-state index contributed by atoms with van der Waals surface area (Å²) in [7, 11) is 1.61. The first-order chi connectivity index (χ1) is 10.6. The second-order valence-corrected chi connectivity index (χ2v) is 6.17. The van der Waals surface area contributed by atoms with E-state index in [1.165, 1.54) is 0 Å². The van der Waals surface area contributed by atoms with Crippen LogP contribution in [0.4, 0.5) is 0 Å². The van der Waals surface area contributed by atoms with Crippen LogP contribution in [0.2, 0.25) is 0 Å². The highest BCUT2D eigenvalue weighted by Gasteiger charge is 2.12. The van der Waals surface area contributed by atoms with Gasteiger partial charge in [0.15, 0.2) is 5.43 Å². The SMILES string of the molecule is COc1ccc2c(=O)c(-c3ccc(C#N)cc3)c(C)sc2c1. The molecular formula is C18H13NO2S. The van der Waals surface area contributed by atoms with E-state index in [0.717, 1.165) is 20.9 Å². The molecule has 0 spiro atoms. The summed E-state index contributed by atoms with van der Waals surface area (Å²) in [4.78, 5) is 13.8. The number of methoxy groups -OCH3 is 1. The first kappa shape index (κ1) is 14.3. The van der Waals surface area contributed by atoms with E-state index in [4.69, 9.17) is 10.00 Å². The number of aryl methyl sites for hydroxylation is 1. The van der Waals surface area contributed by atoms with Crippen LogP contribution in [-0.4, -0.2) is 7.11 Å². The zero-order chi connectivity index (χ0) is 15.7. The Bertz CT molecular complexity index is 950. The molecule has 3 nitrogen and oxygen atoms in total. The average molecular weight is 307 g/mol. The maximum atomic E-state index is 12.8. The van der Waals surface area contributed by atoms with Gasteiger partial charge in [-0.1, -0.05) is 12.1 Å². The average Bonchev–Trinajstić information content (AvgIpc) is 2.55. The number of nitriles is 1. The molecule has 3 aromatic rings. The number of hydrogen-bond donors (Lipinski definition) is 0. The van der Waals surface area contributed by atoms with Crippen LogP contribution < -0.4 is 10.2 Å². The molecule has 0 saturated heterocycles. The van der Waals surface area contributed by atoms with Crippen LogP contribution in [-0.2, 0) is 0 Å². The van der Waals surface area contributed by atoms with Crippen molar-refractivity contribution in [3.8, 4) is 22.9 Å². The third-order valence-electron chi connectivity index (χ3n) is 3.58. The molecule has 0 amide bonds. The fourth-order valence-corrected chi connectivity index (χ4v) is 3.55. The Balaban J connectivity index is 2.26. The first-order valence-corrected chi connectivity index (χ1v) is 7.57. The fraction of sp³-hybridized carbons (Fsp3) is 0.111. The van der Waals surface area contributed by atoms with Crippen molar-refractivity contribution in [1.82, 2.24) is 0 Å². The van der Waals surface area contributed by atoms with Gasteiger partial charge in [0.05, 0.1) is 18.7 Å². The van der Waals surface area contributed by atoms with E-state index in [9.17, 15) is 4.79 Å². The quantitative estimate of drug-likeness (QED) is 0.715. The number of benzene rings is 2. The number of nitrogens with zero attached hydrogens (tertiary/aromatic N) is 1. The Kier molecular flexibility index (Phi) is 3.66. The summed E-state index contributed by atoms with van der Waals surface area (Å²) in [5.41, 5.74) is 2.14. The zero-order valence-electron chi connectivity index (χ0n) is 12.2. The van der Waals surface area contributed by atoms with Gasteiger partial charge in [-0.2, -0.15) is 5.26 Å². The Morgan fingerprint density at radius 3 is 2.50 bits per heavy atom. The van der Waals surface area contributed by atoms with Gasteiger partial charge in [0.25, 0.3) is 0 Å². The lowest BCUT2D eigenvalue weighted by molar-refractivity contribution is 0.415. The van der Waals surface area contributed by atoms with Crippen molar-refractivity contribution in [2.75, 3.05) is 7.11 Å². The summed E-state index contributed by atoms with van der Waals surface area (Å²) in [5.74, 6) is 0.744. The Hall–Kier alpha value is -2.64. The second-order valence-electron chi connectivity index (χ2n) is 4.91. The highest BCUT2D eigenvalue weighted by molar-refractivity contribution is 7.18. The predicted molar refractivity (Wildman–Crippen MR) is 89.5 cm³/mol. The summed E-state index contributed by atoms with van der Waals surface area (Å²) in [6.07, 6.45) is 0. The number of ether oxygens (including phenoxy) is 1. The smallest absolute Gasteiger partial charge is 0.196 e. The van der Waals surface area contributed by atoms with Crippen molar-refractivity contribution < 1.29 is 4.74 Å².